The smallest absolute Gasteiger partial charge is 0.202 e. The highest BCUT2D eigenvalue weighted by molar-refractivity contribution is 6.24. The largest absolute Gasteiger partial charge is 0.494 e. The standard InChI is InChI=1S/C16H19N3O2/c1-8-5-12(14(21-4)7-11(8)17)19-16-9(2)6-13(20)15(18)10(16)3/h5-7H,17-18H2,1-4H3. The number of ether oxygens (including phenoxy) is 1. The second kappa shape index (κ2) is 5.44. The van der Waals surface area contributed by atoms with Crippen molar-refractivity contribution in [3.8, 4) is 5.75 Å². The van der Waals surface area contributed by atoms with Crippen LogP contribution in [-0.2, 0) is 4.79 Å². The van der Waals surface area contributed by atoms with Crippen LogP contribution in [0.1, 0.15) is 19.4 Å². The van der Waals surface area contributed by atoms with E-state index in [4.69, 9.17) is 16.2 Å². The molecule has 0 aromatic heterocycles. The summed E-state index contributed by atoms with van der Waals surface area (Å²) in [5.74, 6) is 0.408. The maximum atomic E-state index is 11.7. The van der Waals surface area contributed by atoms with E-state index in [0.717, 1.165) is 11.1 Å². The van der Waals surface area contributed by atoms with Gasteiger partial charge in [-0.2, -0.15) is 0 Å². The van der Waals surface area contributed by atoms with Crippen molar-refractivity contribution >= 4 is 22.9 Å². The number of aliphatic imine (C=N–C) groups is 1. The van der Waals surface area contributed by atoms with Crippen molar-refractivity contribution in [1.29, 1.82) is 0 Å². The van der Waals surface area contributed by atoms with Crippen molar-refractivity contribution in [3.63, 3.8) is 0 Å². The summed E-state index contributed by atoms with van der Waals surface area (Å²) < 4.78 is 5.32. The first kappa shape index (κ1) is 14.8. The number of allylic oxidation sites excluding steroid dienone is 3. The Labute approximate surface area is 124 Å². The number of hydrogen-bond acceptors (Lipinski definition) is 5. The lowest BCUT2D eigenvalue weighted by Gasteiger charge is -2.16. The summed E-state index contributed by atoms with van der Waals surface area (Å²) in [6, 6.07) is 3.60. The van der Waals surface area contributed by atoms with Gasteiger partial charge in [0, 0.05) is 17.3 Å². The molecule has 0 radical (unpaired) electrons. The third-order valence-electron chi connectivity index (χ3n) is 3.55. The predicted octanol–water partition coefficient (Wildman–Crippen LogP) is 2.42. The second-order valence-electron chi connectivity index (χ2n) is 5.07. The number of aryl methyl sites for hydroxylation is 1. The number of hydrogen-bond donors (Lipinski definition) is 2. The summed E-state index contributed by atoms with van der Waals surface area (Å²) in [5, 5.41) is 0. The van der Waals surface area contributed by atoms with Gasteiger partial charge in [-0.3, -0.25) is 4.79 Å². The molecular formula is C16H19N3O2. The molecule has 4 N–H and O–H groups in total. The summed E-state index contributed by atoms with van der Waals surface area (Å²) in [4.78, 5) is 16.3. The molecule has 2 rings (SSSR count). The van der Waals surface area contributed by atoms with Gasteiger partial charge < -0.3 is 16.2 Å². The summed E-state index contributed by atoms with van der Waals surface area (Å²) in [5.41, 5.74) is 16.3. The topological polar surface area (TPSA) is 90.7 Å². The SMILES string of the molecule is COc1cc(N)c(C)cc1N=C1C(C)=CC(=O)C(N)=C1C. The molecule has 1 aromatic rings. The first-order valence-electron chi connectivity index (χ1n) is 6.57. The minimum absolute atomic E-state index is 0.176. The van der Waals surface area contributed by atoms with Gasteiger partial charge >= 0.3 is 0 Å². The number of ketones is 1. The normalized spacial score (nSPS) is 17.2. The van der Waals surface area contributed by atoms with Crippen LogP contribution in [0.15, 0.2) is 40.0 Å². The van der Waals surface area contributed by atoms with E-state index in [1.54, 1.807) is 20.1 Å². The molecule has 0 amide bonds. The van der Waals surface area contributed by atoms with Crippen LogP contribution in [-0.4, -0.2) is 18.6 Å². The first-order valence-corrected chi connectivity index (χ1v) is 6.57. The highest BCUT2D eigenvalue weighted by atomic mass is 16.5. The Balaban J connectivity index is 2.61. The van der Waals surface area contributed by atoms with Gasteiger partial charge in [-0.15, -0.1) is 0 Å². The van der Waals surface area contributed by atoms with E-state index in [9.17, 15) is 4.79 Å². The van der Waals surface area contributed by atoms with Crippen LogP contribution in [0, 0.1) is 6.92 Å². The number of carbonyl (C=O) groups excluding carboxylic acids is 1. The van der Waals surface area contributed by atoms with Crippen LogP contribution >= 0.6 is 0 Å². The molecule has 0 spiro atoms. The second-order valence-corrected chi connectivity index (χ2v) is 5.07. The lowest BCUT2D eigenvalue weighted by Crippen LogP contribution is -2.21. The van der Waals surface area contributed by atoms with Crippen molar-refractivity contribution in [2.24, 2.45) is 10.7 Å². The van der Waals surface area contributed by atoms with Gasteiger partial charge in [0.2, 0.25) is 5.78 Å². The quantitative estimate of drug-likeness (QED) is 0.645. The molecule has 0 heterocycles. The van der Waals surface area contributed by atoms with Gasteiger partial charge in [0.05, 0.1) is 18.5 Å². The molecule has 1 aromatic carbocycles. The summed E-state index contributed by atoms with van der Waals surface area (Å²) in [6.07, 6.45) is 1.50. The Morgan fingerprint density at radius 3 is 2.43 bits per heavy atom. The van der Waals surface area contributed by atoms with E-state index in [-0.39, 0.29) is 11.5 Å². The zero-order chi connectivity index (χ0) is 15.7. The fraction of sp³-hybridized carbons (Fsp3) is 0.250. The van der Waals surface area contributed by atoms with Gasteiger partial charge in [-0.25, -0.2) is 4.99 Å². The third kappa shape index (κ3) is 2.67. The van der Waals surface area contributed by atoms with Gasteiger partial charge in [-0.1, -0.05) is 0 Å². The molecular weight excluding hydrogens is 266 g/mol. The van der Waals surface area contributed by atoms with E-state index >= 15 is 0 Å². The average Bonchev–Trinajstić information content (AvgIpc) is 2.44. The molecule has 0 saturated heterocycles. The van der Waals surface area contributed by atoms with Crippen LogP contribution < -0.4 is 16.2 Å². The van der Waals surface area contributed by atoms with Gasteiger partial charge in [-0.05, 0) is 44.1 Å². The lowest BCUT2D eigenvalue weighted by molar-refractivity contribution is -0.111. The minimum atomic E-state index is -0.176. The number of anilines is 1. The molecule has 1 aliphatic carbocycles. The first-order chi connectivity index (χ1) is 9.85. The van der Waals surface area contributed by atoms with Crippen LogP contribution in [0.4, 0.5) is 11.4 Å². The molecule has 0 atom stereocenters. The Bertz CT molecular complexity index is 712. The van der Waals surface area contributed by atoms with Crippen molar-refractivity contribution in [2.45, 2.75) is 20.8 Å². The highest BCUT2D eigenvalue weighted by Crippen LogP contribution is 2.33. The molecule has 1 aliphatic rings. The Morgan fingerprint density at radius 1 is 1.14 bits per heavy atom. The molecule has 0 bridgehead atoms. The predicted molar refractivity (Wildman–Crippen MR) is 84.9 cm³/mol. The summed E-state index contributed by atoms with van der Waals surface area (Å²) in [6.45, 7) is 5.53. The van der Waals surface area contributed by atoms with Gasteiger partial charge in [0.1, 0.15) is 11.4 Å². The number of carbonyl (C=O) groups is 1. The van der Waals surface area contributed by atoms with Gasteiger partial charge in [0.25, 0.3) is 0 Å². The Morgan fingerprint density at radius 2 is 1.81 bits per heavy atom. The van der Waals surface area contributed by atoms with E-state index < -0.39 is 0 Å². The summed E-state index contributed by atoms with van der Waals surface area (Å²) in [7, 11) is 1.57. The van der Waals surface area contributed by atoms with Crippen molar-refractivity contribution in [3.05, 3.63) is 40.6 Å². The number of methoxy groups -OCH3 is 1. The maximum Gasteiger partial charge on any atom is 0.202 e. The number of nitrogen functional groups attached to an aromatic ring is 1. The van der Waals surface area contributed by atoms with E-state index in [0.29, 0.717) is 28.4 Å². The van der Waals surface area contributed by atoms with E-state index in [1.807, 2.05) is 19.9 Å². The molecule has 5 nitrogen and oxygen atoms in total. The fourth-order valence-electron chi connectivity index (χ4n) is 2.18. The van der Waals surface area contributed by atoms with Crippen molar-refractivity contribution in [2.75, 3.05) is 12.8 Å². The Hall–Kier alpha value is -2.56. The Kier molecular flexibility index (Phi) is 3.84. The lowest BCUT2D eigenvalue weighted by atomic mass is 9.94. The van der Waals surface area contributed by atoms with Crippen LogP contribution in [0.3, 0.4) is 0 Å². The highest BCUT2D eigenvalue weighted by Gasteiger charge is 2.20. The van der Waals surface area contributed by atoms with Crippen LogP contribution in [0.25, 0.3) is 0 Å². The number of nitrogens with two attached hydrogens (primary N) is 2. The average molecular weight is 285 g/mol. The van der Waals surface area contributed by atoms with E-state index in [2.05, 4.69) is 4.99 Å². The van der Waals surface area contributed by atoms with Crippen LogP contribution in [0.5, 0.6) is 5.75 Å². The number of rotatable bonds is 2. The third-order valence-corrected chi connectivity index (χ3v) is 3.55. The fourth-order valence-corrected chi connectivity index (χ4v) is 2.18. The van der Waals surface area contributed by atoms with Gasteiger partial charge in [0.15, 0.2) is 0 Å². The number of nitrogens with zero attached hydrogens (tertiary/aromatic N) is 1. The molecule has 110 valence electrons. The number of benzene rings is 1. The molecule has 21 heavy (non-hydrogen) atoms. The minimum Gasteiger partial charge on any atom is -0.494 e. The molecule has 5 heteroatoms. The molecule has 0 saturated carbocycles. The molecule has 0 fully saturated rings. The zero-order valence-electron chi connectivity index (χ0n) is 12.7. The zero-order valence-corrected chi connectivity index (χ0v) is 12.7. The van der Waals surface area contributed by atoms with Crippen LogP contribution in [0.2, 0.25) is 0 Å². The van der Waals surface area contributed by atoms with Crippen molar-refractivity contribution < 1.29 is 9.53 Å². The molecule has 0 unspecified atom stereocenters. The molecule has 0 aliphatic heterocycles. The summed E-state index contributed by atoms with van der Waals surface area (Å²) >= 11 is 0. The van der Waals surface area contributed by atoms with Crippen molar-refractivity contribution in [1.82, 2.24) is 0 Å². The van der Waals surface area contributed by atoms with E-state index in [1.165, 1.54) is 6.08 Å². The monoisotopic (exact) mass is 285 g/mol. The maximum absolute atomic E-state index is 11.7.